The Morgan fingerprint density at radius 2 is 0.946 bits per heavy atom. The maximum absolute atomic E-state index is 5.57. The van der Waals surface area contributed by atoms with Gasteiger partial charge in [-0.25, -0.2) is 0 Å². The average molecular weight is 720 g/mol. The predicted octanol–water partition coefficient (Wildman–Crippen LogP) is 12.1. The molecule has 5 heteroatoms. The molecule has 7 aromatic carbocycles. The second-order valence-electron chi connectivity index (χ2n) is 15.9. The van der Waals surface area contributed by atoms with Crippen LogP contribution in [0.5, 0.6) is 0 Å². The second-order valence-corrected chi connectivity index (χ2v) is 15.9. The van der Waals surface area contributed by atoms with Gasteiger partial charge in [0, 0.05) is 32.9 Å². The van der Waals surface area contributed by atoms with Crippen LogP contribution >= 0.6 is 0 Å². The molecule has 2 aliphatic carbocycles. The van der Waals surface area contributed by atoms with Crippen LogP contribution in [0.3, 0.4) is 0 Å². The maximum atomic E-state index is 5.57. The van der Waals surface area contributed by atoms with Crippen molar-refractivity contribution in [3.05, 3.63) is 186 Å². The van der Waals surface area contributed by atoms with Crippen LogP contribution in [0, 0.1) is 0 Å². The highest BCUT2D eigenvalue weighted by Gasteiger charge is 2.38. The van der Waals surface area contributed by atoms with Gasteiger partial charge in [0.2, 0.25) is 11.9 Å². The first kappa shape index (κ1) is 31.5. The molecular formula is C51H37N5. The summed E-state index contributed by atoms with van der Waals surface area (Å²) in [6.07, 6.45) is 1.79. The number of aryl methyl sites for hydroxylation is 1. The quantitative estimate of drug-likeness (QED) is 0.183. The standard InChI is InChI=1S/C51H37N5/c1-51(2)42-22-10-5-17-33(42)41-29-39-38(28-27-31-15-3-4-16-32(31)40(39)30-43(41)51)48-52-49(55-44-23-11-6-18-34(44)35-19-7-12-24-45(35)55)54-50(53-48)56-46-25-13-8-20-36(46)37-21-9-14-26-47(37)56/h3-26,29-30,38H,27-28H2,1-2H3. The monoisotopic (exact) mass is 719 g/mol. The zero-order valence-corrected chi connectivity index (χ0v) is 31.2. The Kier molecular flexibility index (Phi) is 6.51. The molecule has 0 amide bonds. The van der Waals surface area contributed by atoms with E-state index in [0.717, 1.165) is 40.7 Å². The lowest BCUT2D eigenvalue weighted by atomic mass is 9.79. The Morgan fingerprint density at radius 1 is 0.464 bits per heavy atom. The van der Waals surface area contributed by atoms with Crippen molar-refractivity contribution in [2.24, 2.45) is 0 Å². The van der Waals surface area contributed by atoms with Crippen LogP contribution in [0.25, 0.3) is 77.8 Å². The second kappa shape index (κ2) is 11.6. The molecule has 1 atom stereocenters. The van der Waals surface area contributed by atoms with E-state index in [9.17, 15) is 0 Å². The fourth-order valence-corrected chi connectivity index (χ4v) is 10.0. The van der Waals surface area contributed by atoms with Crippen LogP contribution in [0.1, 0.15) is 54.3 Å². The van der Waals surface area contributed by atoms with Crippen molar-refractivity contribution >= 4 is 43.6 Å². The molecule has 0 radical (unpaired) electrons. The van der Waals surface area contributed by atoms with E-state index in [1.807, 2.05) is 0 Å². The maximum Gasteiger partial charge on any atom is 0.239 e. The summed E-state index contributed by atoms with van der Waals surface area (Å²) in [6.45, 7) is 4.73. The van der Waals surface area contributed by atoms with Gasteiger partial charge in [0.1, 0.15) is 5.82 Å². The lowest BCUT2D eigenvalue weighted by molar-refractivity contribution is 0.655. The lowest BCUT2D eigenvalue weighted by Crippen LogP contribution is -2.17. The summed E-state index contributed by atoms with van der Waals surface area (Å²) in [5.74, 6) is 1.95. The molecule has 1 unspecified atom stereocenters. The summed E-state index contributed by atoms with van der Waals surface area (Å²) >= 11 is 0. The fraction of sp³-hybridized carbons (Fsp3) is 0.118. The number of fused-ring (bicyclic) bond motifs is 12. The third kappa shape index (κ3) is 4.34. The van der Waals surface area contributed by atoms with E-state index in [2.05, 4.69) is 181 Å². The van der Waals surface area contributed by atoms with Gasteiger partial charge in [-0.2, -0.15) is 15.0 Å². The van der Waals surface area contributed by atoms with Crippen LogP contribution in [0.15, 0.2) is 158 Å². The molecule has 0 saturated carbocycles. The molecule has 0 saturated heterocycles. The first-order chi connectivity index (χ1) is 27.5. The van der Waals surface area contributed by atoms with E-state index in [4.69, 9.17) is 15.0 Å². The molecule has 0 aliphatic heterocycles. The number of aromatic nitrogens is 5. The molecule has 5 nitrogen and oxygen atoms in total. The van der Waals surface area contributed by atoms with Crippen molar-refractivity contribution in [2.75, 3.05) is 0 Å². The summed E-state index contributed by atoms with van der Waals surface area (Å²) in [5.41, 5.74) is 14.8. The van der Waals surface area contributed by atoms with Gasteiger partial charge in [0.25, 0.3) is 0 Å². The predicted molar refractivity (Wildman–Crippen MR) is 228 cm³/mol. The van der Waals surface area contributed by atoms with Crippen molar-refractivity contribution in [1.29, 1.82) is 0 Å². The Hall–Kier alpha value is -6.85. The topological polar surface area (TPSA) is 48.5 Å². The Balaban J connectivity index is 1.18. The van der Waals surface area contributed by atoms with Crippen LogP contribution < -0.4 is 0 Å². The molecule has 0 bridgehead atoms. The number of nitrogens with zero attached hydrogens (tertiary/aromatic N) is 5. The molecule has 0 fully saturated rings. The minimum Gasteiger partial charge on any atom is -0.278 e. The largest absolute Gasteiger partial charge is 0.278 e. The third-order valence-electron chi connectivity index (χ3n) is 12.6. The molecule has 0 spiro atoms. The van der Waals surface area contributed by atoms with Crippen LogP contribution in [0.2, 0.25) is 0 Å². The Morgan fingerprint density at radius 3 is 1.52 bits per heavy atom. The molecule has 0 N–H and O–H groups in total. The normalized spacial score (nSPS) is 15.5. The van der Waals surface area contributed by atoms with Gasteiger partial charge in [-0.3, -0.25) is 9.13 Å². The van der Waals surface area contributed by atoms with Crippen molar-refractivity contribution < 1.29 is 0 Å². The van der Waals surface area contributed by atoms with Gasteiger partial charge < -0.3 is 0 Å². The molecule has 2 aliphatic rings. The molecule has 3 heterocycles. The molecule has 266 valence electrons. The highest BCUT2D eigenvalue weighted by atomic mass is 15.3. The highest BCUT2D eigenvalue weighted by Crippen LogP contribution is 2.53. The van der Waals surface area contributed by atoms with Gasteiger partial charge in [0.15, 0.2) is 0 Å². The van der Waals surface area contributed by atoms with Gasteiger partial charge in [-0.15, -0.1) is 0 Å². The summed E-state index contributed by atoms with van der Waals surface area (Å²) < 4.78 is 4.47. The molecule has 56 heavy (non-hydrogen) atoms. The molecule has 10 aromatic rings. The first-order valence-corrected chi connectivity index (χ1v) is 19.6. The van der Waals surface area contributed by atoms with E-state index < -0.39 is 0 Å². The van der Waals surface area contributed by atoms with E-state index in [1.54, 1.807) is 0 Å². The summed E-state index contributed by atoms with van der Waals surface area (Å²) in [4.78, 5) is 16.6. The lowest BCUT2D eigenvalue weighted by Gasteiger charge is -2.24. The SMILES string of the molecule is CC1(C)c2ccccc2-c2cc3c(cc21)-c1ccccc1CCC3c1nc(-n2c3ccccc3c3ccccc32)nc(-n2c3ccccc3c3ccccc32)n1. The molecule has 12 rings (SSSR count). The number of hydrogen-bond acceptors (Lipinski definition) is 3. The van der Waals surface area contributed by atoms with Gasteiger partial charge in [0.05, 0.1) is 22.1 Å². The highest BCUT2D eigenvalue weighted by molar-refractivity contribution is 6.10. The number of benzene rings is 7. The molecular weight excluding hydrogens is 683 g/mol. The smallest absolute Gasteiger partial charge is 0.239 e. The van der Waals surface area contributed by atoms with E-state index >= 15 is 0 Å². The number of hydrogen-bond donors (Lipinski definition) is 0. The number of para-hydroxylation sites is 4. The average Bonchev–Trinajstić information content (AvgIpc) is 3.79. The van der Waals surface area contributed by atoms with E-state index in [1.165, 1.54) is 66.1 Å². The minimum absolute atomic E-state index is 0.0831. The Labute approximate surface area is 324 Å². The van der Waals surface area contributed by atoms with Crippen molar-refractivity contribution in [1.82, 2.24) is 24.1 Å². The third-order valence-corrected chi connectivity index (χ3v) is 12.6. The zero-order chi connectivity index (χ0) is 37.1. The van der Waals surface area contributed by atoms with E-state index in [0.29, 0.717) is 11.9 Å². The fourth-order valence-electron chi connectivity index (χ4n) is 10.0. The van der Waals surface area contributed by atoms with Crippen molar-refractivity contribution in [2.45, 2.75) is 38.0 Å². The van der Waals surface area contributed by atoms with E-state index in [-0.39, 0.29) is 11.3 Å². The summed E-state index contributed by atoms with van der Waals surface area (Å²) in [5, 5.41) is 4.71. The van der Waals surface area contributed by atoms with Crippen LogP contribution in [-0.4, -0.2) is 24.1 Å². The van der Waals surface area contributed by atoms with Crippen molar-refractivity contribution in [3.63, 3.8) is 0 Å². The number of rotatable bonds is 3. The van der Waals surface area contributed by atoms with Crippen molar-refractivity contribution in [3.8, 4) is 34.2 Å². The van der Waals surface area contributed by atoms with Crippen LogP contribution in [-0.2, 0) is 11.8 Å². The van der Waals surface area contributed by atoms with Gasteiger partial charge >= 0.3 is 0 Å². The minimum atomic E-state index is -0.113. The van der Waals surface area contributed by atoms with Gasteiger partial charge in [-0.1, -0.05) is 135 Å². The van der Waals surface area contributed by atoms with Crippen LogP contribution in [0.4, 0.5) is 0 Å². The van der Waals surface area contributed by atoms with Gasteiger partial charge in [-0.05, 0) is 93.7 Å². The summed E-state index contributed by atoms with van der Waals surface area (Å²) in [7, 11) is 0. The zero-order valence-electron chi connectivity index (χ0n) is 31.2. The molecule has 3 aromatic heterocycles. The summed E-state index contributed by atoms with van der Waals surface area (Å²) in [6, 6.07) is 57.2. The first-order valence-electron chi connectivity index (χ1n) is 19.6. The Bertz CT molecular complexity index is 3010.